The monoisotopic (exact) mass is 453 g/mol. The van der Waals surface area contributed by atoms with Crippen molar-refractivity contribution in [3.8, 4) is 5.75 Å². The van der Waals surface area contributed by atoms with Crippen LogP contribution in [0.1, 0.15) is 35.8 Å². The molecule has 2 heterocycles. The van der Waals surface area contributed by atoms with Gasteiger partial charge in [-0.25, -0.2) is 0 Å². The van der Waals surface area contributed by atoms with E-state index in [0.717, 1.165) is 35.1 Å². The van der Waals surface area contributed by atoms with E-state index >= 15 is 0 Å². The van der Waals surface area contributed by atoms with Gasteiger partial charge < -0.3 is 19.9 Å². The first-order valence-electron chi connectivity index (χ1n) is 10.9. The molecule has 0 aliphatic carbocycles. The Morgan fingerprint density at radius 3 is 2.69 bits per heavy atom. The number of benzene rings is 2. The van der Waals surface area contributed by atoms with E-state index in [1.165, 1.54) is 0 Å². The lowest BCUT2D eigenvalue weighted by atomic mass is 9.84. The summed E-state index contributed by atoms with van der Waals surface area (Å²) < 4.78 is 5.35. The Bertz CT molecular complexity index is 1120. The minimum absolute atomic E-state index is 0.0101. The van der Waals surface area contributed by atoms with E-state index in [4.69, 9.17) is 16.3 Å². The van der Waals surface area contributed by atoms with Crippen LogP contribution in [0.3, 0.4) is 0 Å². The molecular weight excluding hydrogens is 426 g/mol. The number of aromatic nitrogens is 1. The summed E-state index contributed by atoms with van der Waals surface area (Å²) in [6.07, 6.45) is 1.61. The van der Waals surface area contributed by atoms with E-state index in [-0.39, 0.29) is 23.7 Å². The van der Waals surface area contributed by atoms with Crippen molar-refractivity contribution in [2.75, 3.05) is 20.2 Å². The molecule has 0 saturated carbocycles. The summed E-state index contributed by atoms with van der Waals surface area (Å²) in [6.45, 7) is 3.70. The van der Waals surface area contributed by atoms with Crippen LogP contribution in [0.2, 0.25) is 5.02 Å². The fraction of sp³-hybridized carbons (Fsp3) is 0.360. The molecule has 168 valence electrons. The number of fused-ring (bicyclic) bond motifs is 1. The molecule has 2 amide bonds. The Balaban J connectivity index is 1.31. The number of likely N-dealkylation sites (tertiary alicyclic amines) is 1. The van der Waals surface area contributed by atoms with Crippen LogP contribution in [-0.4, -0.2) is 41.9 Å². The van der Waals surface area contributed by atoms with Crippen LogP contribution >= 0.6 is 11.6 Å². The third-order valence-electron chi connectivity index (χ3n) is 6.41. The average Bonchev–Trinajstić information content (AvgIpc) is 3.25. The highest BCUT2D eigenvalue weighted by atomic mass is 35.5. The molecule has 1 aromatic heterocycles. The molecule has 0 bridgehead atoms. The van der Waals surface area contributed by atoms with Gasteiger partial charge in [-0.2, -0.15) is 0 Å². The summed E-state index contributed by atoms with van der Waals surface area (Å²) in [5, 5.41) is 4.61. The third-order valence-corrected chi connectivity index (χ3v) is 6.64. The van der Waals surface area contributed by atoms with E-state index < -0.39 is 0 Å². The lowest BCUT2D eigenvalue weighted by molar-refractivity contribution is -0.126. The first-order chi connectivity index (χ1) is 15.5. The standard InChI is InChI=1S/C25H28ClN3O3/c1-16(24(30)27-15-18-5-3-4-6-23(18)32-2)17-9-11-29(12-10-17)25(31)22-14-19-13-20(26)7-8-21(19)28-22/h3-8,13-14,16-17,28H,9-12,15H2,1-2H3,(H,27,30). The van der Waals surface area contributed by atoms with Gasteiger partial charge in [0.2, 0.25) is 5.91 Å². The number of aromatic amines is 1. The fourth-order valence-electron chi connectivity index (χ4n) is 4.40. The minimum atomic E-state index is -0.114. The molecule has 1 fully saturated rings. The van der Waals surface area contributed by atoms with Crippen molar-refractivity contribution in [1.29, 1.82) is 0 Å². The van der Waals surface area contributed by atoms with Gasteiger partial charge in [0.1, 0.15) is 11.4 Å². The predicted octanol–water partition coefficient (Wildman–Crippen LogP) is 4.63. The molecule has 2 N–H and O–H groups in total. The highest BCUT2D eigenvalue weighted by Gasteiger charge is 2.30. The Hall–Kier alpha value is -2.99. The zero-order chi connectivity index (χ0) is 22.7. The molecule has 32 heavy (non-hydrogen) atoms. The highest BCUT2D eigenvalue weighted by Crippen LogP contribution is 2.27. The van der Waals surface area contributed by atoms with E-state index in [0.29, 0.717) is 30.4 Å². The smallest absolute Gasteiger partial charge is 0.270 e. The zero-order valence-electron chi connectivity index (χ0n) is 18.4. The van der Waals surface area contributed by atoms with Crippen molar-refractivity contribution in [2.24, 2.45) is 11.8 Å². The number of carbonyl (C=O) groups is 2. The largest absolute Gasteiger partial charge is 0.496 e. The van der Waals surface area contributed by atoms with Gasteiger partial charge in [-0.05, 0) is 49.1 Å². The van der Waals surface area contributed by atoms with Gasteiger partial charge in [0.05, 0.1) is 7.11 Å². The maximum absolute atomic E-state index is 13.0. The van der Waals surface area contributed by atoms with Gasteiger partial charge in [-0.1, -0.05) is 36.7 Å². The molecule has 7 heteroatoms. The van der Waals surface area contributed by atoms with Crippen molar-refractivity contribution in [3.63, 3.8) is 0 Å². The number of ether oxygens (including phenoxy) is 1. The lowest BCUT2D eigenvalue weighted by Crippen LogP contribution is -2.42. The first-order valence-corrected chi connectivity index (χ1v) is 11.3. The highest BCUT2D eigenvalue weighted by molar-refractivity contribution is 6.31. The molecule has 0 spiro atoms. The second kappa shape index (κ2) is 9.65. The van der Waals surface area contributed by atoms with Crippen LogP contribution in [0.4, 0.5) is 0 Å². The van der Waals surface area contributed by atoms with Crippen molar-refractivity contribution in [3.05, 3.63) is 64.8 Å². The Morgan fingerprint density at radius 1 is 1.19 bits per heavy atom. The summed E-state index contributed by atoms with van der Waals surface area (Å²) >= 11 is 6.05. The maximum atomic E-state index is 13.0. The third kappa shape index (κ3) is 4.75. The van der Waals surface area contributed by atoms with Gasteiger partial charge in [-0.3, -0.25) is 9.59 Å². The summed E-state index contributed by atoms with van der Waals surface area (Å²) in [5.74, 6) is 0.930. The normalized spacial score (nSPS) is 15.5. The summed E-state index contributed by atoms with van der Waals surface area (Å²) in [7, 11) is 1.63. The van der Waals surface area contributed by atoms with Crippen molar-refractivity contribution >= 4 is 34.3 Å². The van der Waals surface area contributed by atoms with Crippen molar-refractivity contribution < 1.29 is 14.3 Å². The molecule has 1 atom stereocenters. The van der Waals surface area contributed by atoms with Crippen LogP contribution in [0, 0.1) is 11.8 Å². The van der Waals surface area contributed by atoms with Gasteiger partial charge in [0.15, 0.2) is 0 Å². The van der Waals surface area contributed by atoms with Crippen LogP contribution < -0.4 is 10.1 Å². The number of hydrogen-bond donors (Lipinski definition) is 2. The summed E-state index contributed by atoms with van der Waals surface area (Å²) in [5.41, 5.74) is 2.42. The molecular formula is C25H28ClN3O3. The van der Waals surface area contributed by atoms with Gasteiger partial charge in [0.25, 0.3) is 5.91 Å². The fourth-order valence-corrected chi connectivity index (χ4v) is 4.58. The number of halogens is 1. The Labute approximate surface area is 192 Å². The SMILES string of the molecule is COc1ccccc1CNC(=O)C(C)C1CCN(C(=O)c2cc3cc(Cl)ccc3[nH]2)CC1. The number of hydrogen-bond acceptors (Lipinski definition) is 3. The molecule has 1 saturated heterocycles. The van der Waals surface area contributed by atoms with Gasteiger partial charge in [-0.15, -0.1) is 0 Å². The molecule has 2 aromatic carbocycles. The van der Waals surface area contributed by atoms with E-state index in [1.54, 1.807) is 13.2 Å². The zero-order valence-corrected chi connectivity index (χ0v) is 19.1. The molecule has 3 aromatic rings. The van der Waals surface area contributed by atoms with Crippen molar-refractivity contribution in [1.82, 2.24) is 15.2 Å². The van der Waals surface area contributed by atoms with E-state index in [9.17, 15) is 9.59 Å². The predicted molar refractivity (Wildman–Crippen MR) is 126 cm³/mol. The molecule has 6 nitrogen and oxygen atoms in total. The molecule has 4 rings (SSSR count). The van der Waals surface area contributed by atoms with Gasteiger partial charge >= 0.3 is 0 Å². The number of H-pyrrole nitrogens is 1. The number of carbonyl (C=O) groups excluding carboxylic acids is 2. The minimum Gasteiger partial charge on any atom is -0.496 e. The number of amides is 2. The number of nitrogens with one attached hydrogen (secondary N) is 2. The average molecular weight is 454 g/mol. The second-order valence-electron chi connectivity index (χ2n) is 8.36. The van der Waals surface area contributed by atoms with Crippen LogP contribution in [0.15, 0.2) is 48.5 Å². The van der Waals surface area contributed by atoms with E-state index in [2.05, 4.69) is 10.3 Å². The molecule has 1 aliphatic heterocycles. The van der Waals surface area contributed by atoms with E-state index in [1.807, 2.05) is 54.3 Å². The van der Waals surface area contributed by atoms with Crippen LogP contribution in [0.25, 0.3) is 10.9 Å². The summed E-state index contributed by atoms with van der Waals surface area (Å²) in [6, 6.07) is 15.1. The van der Waals surface area contributed by atoms with Crippen LogP contribution in [0.5, 0.6) is 5.75 Å². The van der Waals surface area contributed by atoms with Gasteiger partial charge in [0, 0.05) is 47.0 Å². The topological polar surface area (TPSA) is 74.4 Å². The second-order valence-corrected chi connectivity index (χ2v) is 8.80. The molecule has 1 unspecified atom stereocenters. The van der Waals surface area contributed by atoms with Crippen molar-refractivity contribution in [2.45, 2.75) is 26.3 Å². The number of rotatable bonds is 6. The Kier molecular flexibility index (Phi) is 6.70. The molecule has 0 radical (unpaired) electrons. The maximum Gasteiger partial charge on any atom is 0.270 e. The first kappa shape index (κ1) is 22.2. The quantitative estimate of drug-likeness (QED) is 0.571. The molecule has 1 aliphatic rings. The number of nitrogens with zero attached hydrogens (tertiary/aromatic N) is 1. The summed E-state index contributed by atoms with van der Waals surface area (Å²) in [4.78, 5) is 30.7. The van der Waals surface area contributed by atoms with Crippen LogP contribution in [-0.2, 0) is 11.3 Å². The number of methoxy groups -OCH3 is 1. The number of piperidine rings is 1. The Morgan fingerprint density at radius 2 is 1.94 bits per heavy atom. The number of para-hydroxylation sites is 1. The lowest BCUT2D eigenvalue weighted by Gasteiger charge is -2.34.